The number of hydrogen-bond acceptors (Lipinski definition) is 2. The van der Waals surface area contributed by atoms with E-state index in [0.717, 1.165) is 17.9 Å². The molecule has 0 amide bonds. The molecule has 1 aliphatic heterocycles. The van der Waals surface area contributed by atoms with Gasteiger partial charge in [0.2, 0.25) is 0 Å². The summed E-state index contributed by atoms with van der Waals surface area (Å²) in [5.41, 5.74) is 6.02. The van der Waals surface area contributed by atoms with Gasteiger partial charge in [0.05, 0.1) is 0 Å². The third-order valence-corrected chi connectivity index (χ3v) is 5.74. The SMILES string of the molecule is NC1CCC(CN2CCC[C@H]3CCCC[C@H]32)CC1. The Morgan fingerprint density at radius 1 is 0.833 bits per heavy atom. The van der Waals surface area contributed by atoms with Crippen molar-refractivity contribution in [2.24, 2.45) is 17.6 Å². The van der Waals surface area contributed by atoms with Gasteiger partial charge in [-0.05, 0) is 69.7 Å². The first-order valence-electron chi connectivity index (χ1n) is 8.32. The van der Waals surface area contributed by atoms with Crippen LogP contribution in [0.15, 0.2) is 0 Å². The molecule has 104 valence electrons. The molecule has 18 heavy (non-hydrogen) atoms. The summed E-state index contributed by atoms with van der Waals surface area (Å²) >= 11 is 0. The van der Waals surface area contributed by atoms with E-state index in [9.17, 15) is 0 Å². The summed E-state index contributed by atoms with van der Waals surface area (Å²) < 4.78 is 0. The number of rotatable bonds is 2. The molecule has 0 bridgehead atoms. The molecule has 0 unspecified atom stereocenters. The molecule has 2 aliphatic carbocycles. The van der Waals surface area contributed by atoms with Crippen molar-refractivity contribution in [1.29, 1.82) is 0 Å². The number of nitrogens with zero attached hydrogens (tertiary/aromatic N) is 1. The Hall–Kier alpha value is -0.0800. The van der Waals surface area contributed by atoms with E-state index in [4.69, 9.17) is 5.73 Å². The van der Waals surface area contributed by atoms with E-state index < -0.39 is 0 Å². The largest absolute Gasteiger partial charge is 0.328 e. The van der Waals surface area contributed by atoms with Gasteiger partial charge in [-0.2, -0.15) is 0 Å². The Balaban J connectivity index is 1.54. The molecule has 0 radical (unpaired) electrons. The Labute approximate surface area is 112 Å². The second kappa shape index (κ2) is 5.92. The van der Waals surface area contributed by atoms with Crippen molar-refractivity contribution in [1.82, 2.24) is 4.90 Å². The second-order valence-electron chi connectivity index (χ2n) is 7.03. The topological polar surface area (TPSA) is 29.3 Å². The van der Waals surface area contributed by atoms with Gasteiger partial charge in [0.25, 0.3) is 0 Å². The molecular formula is C16H30N2. The summed E-state index contributed by atoms with van der Waals surface area (Å²) in [6.45, 7) is 2.76. The average molecular weight is 250 g/mol. The van der Waals surface area contributed by atoms with Crippen molar-refractivity contribution in [3.8, 4) is 0 Å². The van der Waals surface area contributed by atoms with E-state index in [1.54, 1.807) is 0 Å². The van der Waals surface area contributed by atoms with Crippen molar-refractivity contribution in [2.75, 3.05) is 13.1 Å². The molecule has 0 aromatic rings. The van der Waals surface area contributed by atoms with Crippen molar-refractivity contribution < 1.29 is 0 Å². The van der Waals surface area contributed by atoms with Crippen molar-refractivity contribution in [2.45, 2.75) is 76.3 Å². The molecule has 2 heteroatoms. The van der Waals surface area contributed by atoms with Crippen molar-refractivity contribution in [3.05, 3.63) is 0 Å². The zero-order valence-corrected chi connectivity index (χ0v) is 11.8. The van der Waals surface area contributed by atoms with Crippen molar-refractivity contribution >= 4 is 0 Å². The number of piperidine rings is 1. The minimum absolute atomic E-state index is 0.505. The predicted molar refractivity (Wildman–Crippen MR) is 76.5 cm³/mol. The lowest BCUT2D eigenvalue weighted by atomic mass is 9.77. The summed E-state index contributed by atoms with van der Waals surface area (Å²) in [6, 6.07) is 1.45. The maximum atomic E-state index is 6.02. The first-order valence-corrected chi connectivity index (χ1v) is 8.32. The molecule has 0 spiro atoms. The van der Waals surface area contributed by atoms with Crippen LogP contribution in [0.4, 0.5) is 0 Å². The molecule has 1 heterocycles. The highest BCUT2D eigenvalue weighted by atomic mass is 15.2. The fourth-order valence-electron chi connectivity index (χ4n) is 4.66. The number of fused-ring (bicyclic) bond motifs is 1. The van der Waals surface area contributed by atoms with Crippen LogP contribution in [0, 0.1) is 11.8 Å². The Morgan fingerprint density at radius 3 is 2.39 bits per heavy atom. The summed E-state index contributed by atoms with van der Waals surface area (Å²) in [5.74, 6) is 1.99. The molecular weight excluding hydrogens is 220 g/mol. The zero-order chi connectivity index (χ0) is 12.4. The van der Waals surface area contributed by atoms with Gasteiger partial charge in [0, 0.05) is 18.6 Å². The van der Waals surface area contributed by atoms with E-state index in [1.807, 2.05) is 0 Å². The Morgan fingerprint density at radius 2 is 1.56 bits per heavy atom. The monoisotopic (exact) mass is 250 g/mol. The normalized spacial score (nSPS) is 42.5. The average Bonchev–Trinajstić information content (AvgIpc) is 2.42. The third kappa shape index (κ3) is 2.91. The maximum absolute atomic E-state index is 6.02. The zero-order valence-electron chi connectivity index (χ0n) is 11.8. The fourth-order valence-corrected chi connectivity index (χ4v) is 4.66. The minimum Gasteiger partial charge on any atom is -0.328 e. The van der Waals surface area contributed by atoms with Gasteiger partial charge in [-0.15, -0.1) is 0 Å². The van der Waals surface area contributed by atoms with Crippen LogP contribution >= 0.6 is 0 Å². The molecule has 3 aliphatic rings. The molecule has 1 saturated heterocycles. The van der Waals surface area contributed by atoms with Crippen LogP contribution in [0.25, 0.3) is 0 Å². The third-order valence-electron chi connectivity index (χ3n) is 5.74. The van der Waals surface area contributed by atoms with Crippen LogP contribution in [-0.4, -0.2) is 30.1 Å². The number of likely N-dealkylation sites (tertiary alicyclic amines) is 1. The van der Waals surface area contributed by atoms with E-state index in [1.165, 1.54) is 77.3 Å². The lowest BCUT2D eigenvalue weighted by molar-refractivity contribution is 0.0421. The van der Waals surface area contributed by atoms with Crippen LogP contribution in [0.1, 0.15) is 64.2 Å². The molecule has 0 aromatic heterocycles. The highest BCUT2D eigenvalue weighted by Crippen LogP contribution is 2.36. The van der Waals surface area contributed by atoms with Crippen LogP contribution in [0.2, 0.25) is 0 Å². The molecule has 0 aromatic carbocycles. The summed E-state index contributed by atoms with van der Waals surface area (Å²) in [4.78, 5) is 2.87. The number of nitrogens with two attached hydrogens (primary N) is 1. The van der Waals surface area contributed by atoms with Gasteiger partial charge in [-0.25, -0.2) is 0 Å². The summed E-state index contributed by atoms with van der Waals surface area (Å²) in [5, 5.41) is 0. The summed E-state index contributed by atoms with van der Waals surface area (Å²) in [7, 11) is 0. The van der Waals surface area contributed by atoms with E-state index >= 15 is 0 Å². The van der Waals surface area contributed by atoms with Crippen LogP contribution in [0.5, 0.6) is 0 Å². The first-order chi connectivity index (χ1) is 8.83. The molecule has 3 rings (SSSR count). The van der Waals surface area contributed by atoms with Gasteiger partial charge in [0.15, 0.2) is 0 Å². The smallest absolute Gasteiger partial charge is 0.0124 e. The van der Waals surface area contributed by atoms with Gasteiger partial charge < -0.3 is 5.73 Å². The lowest BCUT2D eigenvalue weighted by Crippen LogP contribution is -2.49. The van der Waals surface area contributed by atoms with Gasteiger partial charge in [-0.1, -0.05) is 12.8 Å². The predicted octanol–water partition coefficient (Wildman–Crippen LogP) is 3.16. The molecule has 2 nitrogen and oxygen atoms in total. The van der Waals surface area contributed by atoms with Crippen LogP contribution in [0.3, 0.4) is 0 Å². The highest BCUT2D eigenvalue weighted by molar-refractivity contribution is 4.89. The van der Waals surface area contributed by atoms with E-state index in [2.05, 4.69) is 4.90 Å². The minimum atomic E-state index is 0.505. The lowest BCUT2D eigenvalue weighted by Gasteiger charge is -2.46. The molecule has 2 N–H and O–H groups in total. The standard InChI is InChI=1S/C16H30N2/c17-15-9-7-13(8-10-15)12-18-11-3-5-14-4-1-2-6-16(14)18/h13-16H,1-12,17H2/t13?,14-,15?,16-/m1/s1. The second-order valence-corrected chi connectivity index (χ2v) is 7.03. The van der Waals surface area contributed by atoms with Crippen molar-refractivity contribution in [3.63, 3.8) is 0 Å². The summed E-state index contributed by atoms with van der Waals surface area (Å²) in [6.07, 6.45) is 14.2. The Kier molecular flexibility index (Phi) is 4.25. The van der Waals surface area contributed by atoms with Crippen LogP contribution < -0.4 is 5.73 Å². The molecule has 2 atom stereocenters. The van der Waals surface area contributed by atoms with Gasteiger partial charge >= 0.3 is 0 Å². The fraction of sp³-hybridized carbons (Fsp3) is 1.00. The van der Waals surface area contributed by atoms with E-state index in [-0.39, 0.29) is 0 Å². The van der Waals surface area contributed by atoms with Crippen LogP contribution in [-0.2, 0) is 0 Å². The molecule has 3 fully saturated rings. The van der Waals surface area contributed by atoms with E-state index in [0.29, 0.717) is 6.04 Å². The first kappa shape index (κ1) is 12.9. The molecule has 2 saturated carbocycles. The van der Waals surface area contributed by atoms with Gasteiger partial charge in [-0.3, -0.25) is 4.90 Å². The quantitative estimate of drug-likeness (QED) is 0.815. The number of hydrogen-bond donors (Lipinski definition) is 1. The Bertz CT molecular complexity index is 256. The highest BCUT2D eigenvalue weighted by Gasteiger charge is 2.34. The maximum Gasteiger partial charge on any atom is 0.0124 e. The van der Waals surface area contributed by atoms with Gasteiger partial charge in [0.1, 0.15) is 0 Å².